The summed E-state index contributed by atoms with van der Waals surface area (Å²) in [7, 11) is 0. The normalized spacial score (nSPS) is 12.6. The first-order valence-electron chi connectivity index (χ1n) is 10.5. The van der Waals surface area contributed by atoms with Crippen LogP contribution in [0.3, 0.4) is 0 Å². The number of aryl methyl sites for hydroxylation is 2. The molecular weight excluding hydrogens is 466 g/mol. The second-order valence-electron chi connectivity index (χ2n) is 7.85. The lowest BCUT2D eigenvalue weighted by Crippen LogP contribution is -2.15. The van der Waals surface area contributed by atoms with E-state index >= 15 is 0 Å². The molecule has 0 fully saturated rings. The minimum Gasteiger partial charge on any atom is -0.772 e. The number of benzene rings is 3. The molecule has 0 N–H and O–H groups in total. The molecule has 34 heavy (non-hydrogen) atoms. The summed E-state index contributed by atoms with van der Waals surface area (Å²) in [6, 6.07) is 20.5. The SMILES string of the molecule is O=S([O-])Cc1ccc(-c2cn(CCc3ccccc3)c(C(F)(F)F)c2-c2ccc(F)cc2)cc1. The maximum atomic E-state index is 14.4. The fourth-order valence-corrected chi connectivity index (χ4v) is 4.44. The molecule has 3 aromatic carbocycles. The second-order valence-corrected chi connectivity index (χ2v) is 8.74. The molecule has 0 amide bonds. The zero-order valence-electron chi connectivity index (χ0n) is 17.9. The molecule has 0 saturated heterocycles. The van der Waals surface area contributed by atoms with Gasteiger partial charge in [0.2, 0.25) is 0 Å². The van der Waals surface area contributed by atoms with Crippen LogP contribution in [0.4, 0.5) is 17.6 Å². The quantitative estimate of drug-likeness (QED) is 0.218. The molecular formula is C26H20F4NO2S-. The van der Waals surface area contributed by atoms with Crippen molar-refractivity contribution < 1.29 is 26.3 Å². The van der Waals surface area contributed by atoms with E-state index in [0.29, 0.717) is 23.1 Å². The van der Waals surface area contributed by atoms with Gasteiger partial charge in [-0.1, -0.05) is 77.8 Å². The van der Waals surface area contributed by atoms with Crippen LogP contribution in [-0.2, 0) is 36.0 Å². The number of hydrogen-bond acceptors (Lipinski definition) is 2. The number of rotatable bonds is 7. The standard InChI is InChI=1S/C26H21F4NO2S/c27-22-12-10-21(11-13-22)24-23(20-8-6-19(7-9-20)17-34(32)33)16-31(25(24)26(28,29)30)15-14-18-4-2-1-3-5-18/h1-13,16H,14-15,17H2,(H,32,33)/p-1. The fourth-order valence-electron chi connectivity index (χ4n) is 3.98. The predicted octanol–water partition coefficient (Wildman–Crippen LogP) is 6.60. The lowest BCUT2D eigenvalue weighted by Gasteiger charge is -2.15. The molecule has 1 atom stereocenters. The summed E-state index contributed by atoms with van der Waals surface area (Å²) in [4.78, 5) is 0. The number of nitrogens with zero attached hydrogens (tertiary/aromatic N) is 1. The van der Waals surface area contributed by atoms with Crippen molar-refractivity contribution in [2.24, 2.45) is 0 Å². The van der Waals surface area contributed by atoms with Crippen molar-refractivity contribution in [2.45, 2.75) is 24.9 Å². The molecule has 0 saturated carbocycles. The van der Waals surface area contributed by atoms with Gasteiger partial charge in [-0.15, -0.1) is 0 Å². The Morgan fingerprint density at radius 1 is 0.824 bits per heavy atom. The monoisotopic (exact) mass is 486 g/mol. The van der Waals surface area contributed by atoms with Crippen LogP contribution in [0.15, 0.2) is 85.1 Å². The van der Waals surface area contributed by atoms with Gasteiger partial charge in [0.25, 0.3) is 0 Å². The minimum absolute atomic E-state index is 0.0410. The summed E-state index contributed by atoms with van der Waals surface area (Å²) in [6.45, 7) is 0.0975. The summed E-state index contributed by atoms with van der Waals surface area (Å²) in [5.41, 5.74) is 1.66. The summed E-state index contributed by atoms with van der Waals surface area (Å²) in [5, 5.41) is 0. The topological polar surface area (TPSA) is 45.1 Å². The molecule has 0 aliphatic rings. The van der Waals surface area contributed by atoms with Gasteiger partial charge < -0.3 is 9.12 Å². The molecule has 0 aliphatic heterocycles. The van der Waals surface area contributed by atoms with Crippen LogP contribution in [0.1, 0.15) is 16.8 Å². The van der Waals surface area contributed by atoms with Crippen molar-refractivity contribution in [3.8, 4) is 22.3 Å². The Morgan fingerprint density at radius 3 is 2.03 bits per heavy atom. The van der Waals surface area contributed by atoms with Gasteiger partial charge in [0.15, 0.2) is 0 Å². The van der Waals surface area contributed by atoms with Crippen LogP contribution < -0.4 is 0 Å². The number of aromatic nitrogens is 1. The van der Waals surface area contributed by atoms with E-state index in [2.05, 4.69) is 0 Å². The lowest BCUT2D eigenvalue weighted by atomic mass is 9.96. The van der Waals surface area contributed by atoms with E-state index in [-0.39, 0.29) is 23.4 Å². The molecule has 0 spiro atoms. The Labute approximate surface area is 197 Å². The van der Waals surface area contributed by atoms with E-state index in [1.54, 1.807) is 24.3 Å². The first-order chi connectivity index (χ1) is 16.2. The van der Waals surface area contributed by atoms with E-state index < -0.39 is 28.8 Å². The zero-order chi connectivity index (χ0) is 24.3. The summed E-state index contributed by atoms with van der Waals surface area (Å²) >= 11 is -2.27. The number of hydrogen-bond donors (Lipinski definition) is 0. The van der Waals surface area contributed by atoms with Crippen molar-refractivity contribution in [1.29, 1.82) is 0 Å². The highest BCUT2D eigenvalue weighted by Crippen LogP contribution is 2.44. The van der Waals surface area contributed by atoms with E-state index in [4.69, 9.17) is 0 Å². The average molecular weight is 487 g/mol. The summed E-state index contributed by atoms with van der Waals surface area (Å²) < 4.78 is 79.8. The first-order valence-corrected chi connectivity index (χ1v) is 11.7. The van der Waals surface area contributed by atoms with E-state index in [0.717, 1.165) is 17.7 Å². The molecule has 0 radical (unpaired) electrons. The summed E-state index contributed by atoms with van der Waals surface area (Å²) in [6.07, 6.45) is -2.79. The van der Waals surface area contributed by atoms with E-state index in [9.17, 15) is 26.3 Å². The number of halogens is 4. The third kappa shape index (κ3) is 5.46. The van der Waals surface area contributed by atoms with E-state index in [1.165, 1.54) is 22.9 Å². The van der Waals surface area contributed by atoms with Crippen molar-refractivity contribution in [3.05, 3.63) is 108 Å². The molecule has 1 heterocycles. The average Bonchev–Trinajstić information content (AvgIpc) is 3.19. The molecule has 4 aromatic rings. The maximum absolute atomic E-state index is 14.4. The van der Waals surface area contributed by atoms with Gasteiger partial charge in [0.1, 0.15) is 11.5 Å². The Kier molecular flexibility index (Phi) is 7.00. The Balaban J connectivity index is 1.85. The van der Waals surface area contributed by atoms with Gasteiger partial charge in [0, 0.05) is 29.6 Å². The molecule has 4 rings (SSSR count). The van der Waals surface area contributed by atoms with Gasteiger partial charge in [-0.2, -0.15) is 13.2 Å². The molecule has 176 valence electrons. The van der Waals surface area contributed by atoms with E-state index in [1.807, 2.05) is 30.3 Å². The molecule has 8 heteroatoms. The van der Waals surface area contributed by atoms with Crippen LogP contribution in [0.2, 0.25) is 0 Å². The van der Waals surface area contributed by atoms with Gasteiger partial charge in [-0.25, -0.2) is 4.39 Å². The van der Waals surface area contributed by atoms with Crippen LogP contribution in [0.25, 0.3) is 22.3 Å². The Morgan fingerprint density at radius 2 is 1.44 bits per heavy atom. The third-order valence-electron chi connectivity index (χ3n) is 5.51. The van der Waals surface area contributed by atoms with Gasteiger partial charge >= 0.3 is 6.18 Å². The van der Waals surface area contributed by atoms with Crippen LogP contribution >= 0.6 is 0 Å². The van der Waals surface area contributed by atoms with Crippen LogP contribution in [-0.4, -0.2) is 13.3 Å². The highest BCUT2D eigenvalue weighted by atomic mass is 32.2. The molecule has 3 nitrogen and oxygen atoms in total. The van der Waals surface area contributed by atoms with Crippen LogP contribution in [0, 0.1) is 5.82 Å². The van der Waals surface area contributed by atoms with Gasteiger partial charge in [0.05, 0.1) is 0 Å². The van der Waals surface area contributed by atoms with Gasteiger partial charge in [-0.05, 0) is 40.8 Å². The number of alkyl halides is 3. The van der Waals surface area contributed by atoms with Crippen LogP contribution in [0.5, 0.6) is 0 Å². The van der Waals surface area contributed by atoms with Crippen molar-refractivity contribution in [1.82, 2.24) is 4.57 Å². The third-order valence-corrected chi connectivity index (χ3v) is 6.08. The predicted molar refractivity (Wildman–Crippen MR) is 123 cm³/mol. The fraction of sp³-hybridized carbons (Fsp3) is 0.154. The maximum Gasteiger partial charge on any atom is 0.432 e. The molecule has 1 aromatic heterocycles. The van der Waals surface area contributed by atoms with Crippen molar-refractivity contribution in [2.75, 3.05) is 0 Å². The Bertz CT molecular complexity index is 1280. The van der Waals surface area contributed by atoms with Crippen molar-refractivity contribution in [3.63, 3.8) is 0 Å². The zero-order valence-corrected chi connectivity index (χ0v) is 18.7. The highest BCUT2D eigenvalue weighted by Gasteiger charge is 2.39. The summed E-state index contributed by atoms with van der Waals surface area (Å²) in [5.74, 6) is -0.728. The molecule has 0 aliphatic carbocycles. The Hall–Kier alpha value is -3.23. The van der Waals surface area contributed by atoms with Crippen molar-refractivity contribution >= 4 is 11.1 Å². The smallest absolute Gasteiger partial charge is 0.432 e. The minimum atomic E-state index is -4.65. The first kappa shape index (κ1) is 23.9. The second kappa shape index (κ2) is 9.95. The highest BCUT2D eigenvalue weighted by molar-refractivity contribution is 7.78. The molecule has 0 bridgehead atoms. The lowest BCUT2D eigenvalue weighted by molar-refractivity contribution is -0.143. The molecule has 1 unspecified atom stereocenters. The largest absolute Gasteiger partial charge is 0.772 e. The van der Waals surface area contributed by atoms with Gasteiger partial charge in [-0.3, -0.25) is 4.21 Å².